The SMILES string of the molecule is O=C(O)c1ccc2c(c1)nc(-c1cc(-c3cccc(Cl)c3Cl)no1)n2C1CCCCC1. The Morgan fingerprint density at radius 2 is 1.90 bits per heavy atom. The topological polar surface area (TPSA) is 81.2 Å². The summed E-state index contributed by atoms with van der Waals surface area (Å²) in [5.41, 5.74) is 2.97. The molecule has 1 saturated carbocycles. The molecule has 5 rings (SSSR count). The Morgan fingerprint density at radius 3 is 2.68 bits per heavy atom. The van der Waals surface area contributed by atoms with Crippen LogP contribution in [0.25, 0.3) is 33.9 Å². The van der Waals surface area contributed by atoms with Crippen LogP contribution in [0.15, 0.2) is 47.0 Å². The molecule has 2 heterocycles. The second-order valence-electron chi connectivity index (χ2n) is 7.78. The van der Waals surface area contributed by atoms with Crippen molar-refractivity contribution in [2.45, 2.75) is 38.1 Å². The molecule has 6 nitrogen and oxygen atoms in total. The second kappa shape index (κ2) is 8.02. The quantitative estimate of drug-likeness (QED) is 0.363. The van der Waals surface area contributed by atoms with Crippen LogP contribution < -0.4 is 0 Å². The van der Waals surface area contributed by atoms with Gasteiger partial charge in [0.05, 0.1) is 26.6 Å². The predicted molar refractivity (Wildman–Crippen MR) is 120 cm³/mol. The molecule has 4 aromatic rings. The fourth-order valence-electron chi connectivity index (χ4n) is 4.32. The van der Waals surface area contributed by atoms with Crippen molar-refractivity contribution >= 4 is 40.2 Å². The second-order valence-corrected chi connectivity index (χ2v) is 8.57. The van der Waals surface area contributed by atoms with Gasteiger partial charge in [-0.15, -0.1) is 0 Å². The van der Waals surface area contributed by atoms with Crippen LogP contribution in [0.3, 0.4) is 0 Å². The Balaban J connectivity index is 1.66. The lowest BCUT2D eigenvalue weighted by Gasteiger charge is -2.25. The third kappa shape index (κ3) is 3.60. The van der Waals surface area contributed by atoms with E-state index in [0.29, 0.717) is 38.4 Å². The normalized spacial score (nSPS) is 14.9. The number of nitrogens with zero attached hydrogens (tertiary/aromatic N) is 3. The van der Waals surface area contributed by atoms with E-state index in [4.69, 9.17) is 32.7 Å². The number of aromatic carboxylic acids is 1. The van der Waals surface area contributed by atoms with E-state index in [1.54, 1.807) is 24.3 Å². The average Bonchev–Trinajstić information content (AvgIpc) is 3.40. The molecule has 1 N–H and O–H groups in total. The lowest BCUT2D eigenvalue weighted by atomic mass is 9.95. The summed E-state index contributed by atoms with van der Waals surface area (Å²) < 4.78 is 7.86. The molecule has 1 aliphatic carbocycles. The van der Waals surface area contributed by atoms with Gasteiger partial charge in [0.25, 0.3) is 0 Å². The average molecular weight is 456 g/mol. The van der Waals surface area contributed by atoms with Crippen LogP contribution >= 0.6 is 23.2 Å². The summed E-state index contributed by atoms with van der Waals surface area (Å²) in [4.78, 5) is 16.2. The summed E-state index contributed by atoms with van der Waals surface area (Å²) in [6.07, 6.45) is 5.61. The third-order valence-corrected chi connectivity index (χ3v) is 6.65. The van der Waals surface area contributed by atoms with Crippen LogP contribution in [0.5, 0.6) is 0 Å². The van der Waals surface area contributed by atoms with Crippen LogP contribution in [0.1, 0.15) is 48.5 Å². The molecule has 0 aliphatic heterocycles. The van der Waals surface area contributed by atoms with E-state index in [0.717, 1.165) is 31.2 Å². The number of carboxylic acid groups (broad SMARTS) is 1. The van der Waals surface area contributed by atoms with E-state index in [-0.39, 0.29) is 11.6 Å². The van der Waals surface area contributed by atoms with E-state index < -0.39 is 5.97 Å². The Morgan fingerprint density at radius 1 is 1.10 bits per heavy atom. The minimum absolute atomic E-state index is 0.205. The van der Waals surface area contributed by atoms with E-state index in [1.165, 1.54) is 6.42 Å². The standard InChI is InChI=1S/C23H19Cl2N3O3/c24-16-8-4-7-15(21(16)25)17-12-20(31-27-17)22-26-18-11-13(23(29)30)9-10-19(18)28(22)14-5-2-1-3-6-14/h4,7-12,14H,1-3,5-6H2,(H,29,30). The molecule has 158 valence electrons. The molecule has 1 fully saturated rings. The molecule has 1 aliphatic rings. The van der Waals surface area contributed by atoms with Gasteiger partial charge in [-0.05, 0) is 37.1 Å². The summed E-state index contributed by atoms with van der Waals surface area (Å²) in [6, 6.07) is 12.5. The summed E-state index contributed by atoms with van der Waals surface area (Å²) in [5, 5.41) is 14.4. The Hall–Kier alpha value is -2.83. The summed E-state index contributed by atoms with van der Waals surface area (Å²) in [5.74, 6) is 0.166. The van der Waals surface area contributed by atoms with Gasteiger partial charge in [0.2, 0.25) is 5.76 Å². The Kier molecular flexibility index (Phi) is 5.20. The molecule has 8 heteroatoms. The lowest BCUT2D eigenvalue weighted by molar-refractivity contribution is 0.0697. The van der Waals surface area contributed by atoms with Gasteiger partial charge >= 0.3 is 5.97 Å². The number of fused-ring (bicyclic) bond motifs is 1. The number of benzene rings is 2. The van der Waals surface area contributed by atoms with Gasteiger partial charge in [-0.3, -0.25) is 0 Å². The highest BCUT2D eigenvalue weighted by atomic mass is 35.5. The fourth-order valence-corrected chi connectivity index (χ4v) is 4.72. The number of imidazole rings is 1. The van der Waals surface area contributed by atoms with Crippen LogP contribution in [0, 0.1) is 0 Å². The molecule has 0 bridgehead atoms. The summed E-state index contributed by atoms with van der Waals surface area (Å²) in [7, 11) is 0. The maximum atomic E-state index is 11.4. The first-order valence-electron chi connectivity index (χ1n) is 10.2. The predicted octanol–water partition coefficient (Wildman–Crippen LogP) is 6.87. The van der Waals surface area contributed by atoms with Gasteiger partial charge in [-0.2, -0.15) is 0 Å². The van der Waals surface area contributed by atoms with Crippen LogP contribution in [-0.4, -0.2) is 25.8 Å². The molecule has 0 radical (unpaired) electrons. The molecule has 31 heavy (non-hydrogen) atoms. The number of carboxylic acids is 1. The van der Waals surface area contributed by atoms with Crippen molar-refractivity contribution in [3.63, 3.8) is 0 Å². The minimum atomic E-state index is -0.979. The molecule has 2 aromatic heterocycles. The van der Waals surface area contributed by atoms with Gasteiger partial charge < -0.3 is 14.2 Å². The van der Waals surface area contributed by atoms with Crippen molar-refractivity contribution in [2.75, 3.05) is 0 Å². The molecule has 0 spiro atoms. The van der Waals surface area contributed by atoms with Crippen LogP contribution in [0.4, 0.5) is 0 Å². The monoisotopic (exact) mass is 455 g/mol. The molecular formula is C23H19Cl2N3O3. The van der Waals surface area contributed by atoms with Crippen molar-refractivity contribution in [3.05, 3.63) is 58.1 Å². The summed E-state index contributed by atoms with van der Waals surface area (Å²) >= 11 is 12.5. The highest BCUT2D eigenvalue weighted by molar-refractivity contribution is 6.43. The van der Waals surface area contributed by atoms with Crippen molar-refractivity contribution < 1.29 is 14.4 Å². The number of hydrogen-bond donors (Lipinski definition) is 1. The van der Waals surface area contributed by atoms with Gasteiger partial charge in [-0.1, -0.05) is 59.8 Å². The Labute approximate surface area is 188 Å². The highest BCUT2D eigenvalue weighted by Gasteiger charge is 2.25. The van der Waals surface area contributed by atoms with Gasteiger partial charge in [0, 0.05) is 17.7 Å². The number of hydrogen-bond acceptors (Lipinski definition) is 4. The van der Waals surface area contributed by atoms with Crippen molar-refractivity contribution in [2.24, 2.45) is 0 Å². The third-order valence-electron chi connectivity index (χ3n) is 5.83. The smallest absolute Gasteiger partial charge is 0.335 e. The van der Waals surface area contributed by atoms with Crippen molar-refractivity contribution in [1.29, 1.82) is 0 Å². The van der Waals surface area contributed by atoms with Crippen molar-refractivity contribution in [1.82, 2.24) is 14.7 Å². The van der Waals surface area contributed by atoms with E-state index >= 15 is 0 Å². The van der Waals surface area contributed by atoms with Crippen LogP contribution in [-0.2, 0) is 0 Å². The summed E-state index contributed by atoms with van der Waals surface area (Å²) in [6.45, 7) is 0. The molecule has 0 amide bonds. The zero-order chi connectivity index (χ0) is 21.5. The number of rotatable bonds is 4. The Bertz CT molecular complexity index is 1290. The van der Waals surface area contributed by atoms with E-state index in [1.807, 2.05) is 18.2 Å². The van der Waals surface area contributed by atoms with Gasteiger partial charge in [0.1, 0.15) is 5.69 Å². The minimum Gasteiger partial charge on any atom is -0.478 e. The van der Waals surface area contributed by atoms with Gasteiger partial charge in [-0.25, -0.2) is 9.78 Å². The van der Waals surface area contributed by atoms with E-state index in [9.17, 15) is 9.90 Å². The maximum absolute atomic E-state index is 11.4. The van der Waals surface area contributed by atoms with Crippen LogP contribution in [0.2, 0.25) is 10.0 Å². The first-order valence-corrected chi connectivity index (χ1v) is 11.0. The maximum Gasteiger partial charge on any atom is 0.335 e. The first kappa shape index (κ1) is 20.1. The molecule has 2 aromatic carbocycles. The number of carbonyl (C=O) groups is 1. The van der Waals surface area contributed by atoms with E-state index in [2.05, 4.69) is 9.72 Å². The zero-order valence-electron chi connectivity index (χ0n) is 16.5. The molecule has 0 saturated heterocycles. The number of halogens is 2. The lowest BCUT2D eigenvalue weighted by Crippen LogP contribution is -2.13. The molecule has 0 atom stereocenters. The highest BCUT2D eigenvalue weighted by Crippen LogP contribution is 2.38. The fraction of sp³-hybridized carbons (Fsp3) is 0.261. The first-order chi connectivity index (χ1) is 15.0. The largest absolute Gasteiger partial charge is 0.478 e. The van der Waals surface area contributed by atoms with Gasteiger partial charge in [0.15, 0.2) is 5.82 Å². The zero-order valence-corrected chi connectivity index (χ0v) is 18.0. The molecule has 0 unspecified atom stereocenters. The number of aromatic nitrogens is 3. The van der Waals surface area contributed by atoms with Crippen molar-refractivity contribution in [3.8, 4) is 22.8 Å². The molecular weight excluding hydrogens is 437 g/mol.